The number of aryl methyl sites for hydroxylation is 1. The van der Waals surface area contributed by atoms with E-state index in [-0.39, 0.29) is 4.90 Å². The van der Waals surface area contributed by atoms with Crippen LogP contribution < -0.4 is 0 Å². The minimum Gasteiger partial charge on any atom is -0.248 e. The van der Waals surface area contributed by atoms with Gasteiger partial charge in [0.15, 0.2) is 0 Å². The van der Waals surface area contributed by atoms with E-state index in [1.165, 1.54) is 4.31 Å². The van der Waals surface area contributed by atoms with E-state index in [0.29, 0.717) is 11.1 Å². The third-order valence-electron chi connectivity index (χ3n) is 6.45. The van der Waals surface area contributed by atoms with E-state index in [1.807, 2.05) is 79.7 Å². The highest BCUT2D eigenvalue weighted by Gasteiger charge is 2.57. The van der Waals surface area contributed by atoms with Crippen LogP contribution in [0.2, 0.25) is 0 Å². The summed E-state index contributed by atoms with van der Waals surface area (Å²) in [6.07, 6.45) is 0. The van der Waals surface area contributed by atoms with Gasteiger partial charge in [0.25, 0.3) is 0 Å². The molecule has 2 atom stereocenters. The Kier molecular flexibility index (Phi) is 5.39. The Bertz CT molecular complexity index is 1370. The second-order valence-electron chi connectivity index (χ2n) is 8.37. The van der Waals surface area contributed by atoms with Crippen molar-refractivity contribution in [3.05, 3.63) is 137 Å². The monoisotopic (exact) mass is 457 g/mol. The molecule has 166 valence electrons. The zero-order valence-electron chi connectivity index (χ0n) is 18.2. The summed E-state index contributed by atoms with van der Waals surface area (Å²) in [5.41, 5.74) is 2.34. The molecule has 1 aliphatic rings. The first kappa shape index (κ1) is 21.6. The lowest BCUT2D eigenvalue weighted by Gasteiger charge is -2.39. The predicted molar refractivity (Wildman–Crippen MR) is 128 cm³/mol. The molecular formula is C28H24FNO2S. The first-order valence-corrected chi connectivity index (χ1v) is 12.3. The predicted octanol–water partition coefficient (Wildman–Crippen LogP) is 6.00. The maximum Gasteiger partial charge on any atom is 0.245 e. The molecule has 0 spiro atoms. The number of hydrogen-bond acceptors (Lipinski definition) is 2. The van der Waals surface area contributed by atoms with Crippen LogP contribution in [0.4, 0.5) is 4.39 Å². The Morgan fingerprint density at radius 3 is 2.00 bits per heavy atom. The molecule has 3 nitrogen and oxygen atoms in total. The number of fused-ring (bicyclic) bond motifs is 1. The third-order valence-corrected chi connectivity index (χ3v) is 8.36. The summed E-state index contributed by atoms with van der Waals surface area (Å²) in [5, 5.41) is 0. The highest BCUT2D eigenvalue weighted by molar-refractivity contribution is 7.89. The maximum atomic E-state index is 15.5. The van der Waals surface area contributed by atoms with E-state index >= 15 is 4.39 Å². The van der Waals surface area contributed by atoms with Gasteiger partial charge in [0.2, 0.25) is 10.0 Å². The van der Waals surface area contributed by atoms with Gasteiger partial charge < -0.3 is 0 Å². The fourth-order valence-corrected chi connectivity index (χ4v) is 6.78. The molecule has 1 heterocycles. The summed E-state index contributed by atoms with van der Waals surface area (Å²) in [7, 11) is -4.09. The highest BCUT2D eigenvalue weighted by Crippen LogP contribution is 2.55. The van der Waals surface area contributed by atoms with Crippen LogP contribution in [0, 0.1) is 6.92 Å². The molecule has 0 bridgehead atoms. The molecular weight excluding hydrogens is 433 g/mol. The molecule has 0 aromatic heterocycles. The lowest BCUT2D eigenvalue weighted by Crippen LogP contribution is -2.49. The number of halogens is 1. The molecule has 0 fully saturated rings. The molecule has 0 aliphatic carbocycles. The van der Waals surface area contributed by atoms with Crippen LogP contribution in [-0.4, -0.2) is 19.4 Å². The Labute approximate surface area is 194 Å². The van der Waals surface area contributed by atoms with Crippen LogP contribution in [0.3, 0.4) is 0 Å². The standard InChI is InChI=1S/C28H24FNO2S/c1-21-16-18-24(19-17-21)33(31,32)30-27(22-10-4-2-5-11-22)25-14-8-9-15-26(25)28(30,20-29)23-12-6-3-7-13-23/h2-19,27H,20H2,1H3/t27-,28+/m0/s1. The normalized spacial score (nSPS) is 20.5. The molecule has 4 aromatic carbocycles. The van der Waals surface area contributed by atoms with Crippen LogP contribution >= 0.6 is 0 Å². The summed E-state index contributed by atoms with van der Waals surface area (Å²) < 4.78 is 45.5. The molecule has 0 saturated carbocycles. The van der Waals surface area contributed by atoms with Gasteiger partial charge in [0.1, 0.15) is 12.2 Å². The van der Waals surface area contributed by atoms with Gasteiger partial charge in [-0.3, -0.25) is 0 Å². The van der Waals surface area contributed by atoms with Crippen molar-refractivity contribution in [1.29, 1.82) is 0 Å². The van der Waals surface area contributed by atoms with Crippen molar-refractivity contribution >= 4 is 10.0 Å². The first-order chi connectivity index (χ1) is 16.0. The maximum absolute atomic E-state index is 15.5. The van der Waals surface area contributed by atoms with E-state index in [0.717, 1.165) is 16.7 Å². The van der Waals surface area contributed by atoms with Gasteiger partial charge in [-0.2, -0.15) is 4.31 Å². The Hall–Kier alpha value is -3.28. The van der Waals surface area contributed by atoms with Crippen molar-refractivity contribution in [2.75, 3.05) is 6.67 Å². The van der Waals surface area contributed by atoms with E-state index in [1.54, 1.807) is 36.4 Å². The SMILES string of the molecule is Cc1ccc(S(=O)(=O)N2[C@@H](c3ccccc3)c3ccccc3[C@@]2(CF)c2ccccc2)cc1. The minimum atomic E-state index is -4.09. The third kappa shape index (κ3) is 3.31. The van der Waals surface area contributed by atoms with Crippen LogP contribution in [0.5, 0.6) is 0 Å². The number of alkyl halides is 1. The second-order valence-corrected chi connectivity index (χ2v) is 10.2. The molecule has 0 saturated heterocycles. The van der Waals surface area contributed by atoms with Gasteiger partial charge in [0.05, 0.1) is 10.9 Å². The van der Waals surface area contributed by atoms with E-state index < -0.39 is 28.3 Å². The number of nitrogens with zero attached hydrogens (tertiary/aromatic N) is 1. The van der Waals surface area contributed by atoms with Crippen molar-refractivity contribution in [3.63, 3.8) is 0 Å². The molecule has 0 unspecified atom stereocenters. The summed E-state index contributed by atoms with van der Waals surface area (Å²) in [5.74, 6) is 0. The second kappa shape index (κ2) is 8.25. The zero-order valence-corrected chi connectivity index (χ0v) is 19.0. The number of rotatable bonds is 5. The number of sulfonamides is 1. The molecule has 1 aliphatic heterocycles. The summed E-state index contributed by atoms with van der Waals surface area (Å²) in [6.45, 7) is 1.02. The Morgan fingerprint density at radius 2 is 1.36 bits per heavy atom. The summed E-state index contributed by atoms with van der Waals surface area (Å²) in [6, 6.07) is 32.1. The molecule has 33 heavy (non-hydrogen) atoms. The fourth-order valence-electron chi connectivity index (χ4n) is 4.90. The van der Waals surface area contributed by atoms with E-state index in [9.17, 15) is 8.42 Å². The van der Waals surface area contributed by atoms with E-state index in [2.05, 4.69) is 0 Å². The average Bonchev–Trinajstić information content (AvgIpc) is 3.17. The summed E-state index contributed by atoms with van der Waals surface area (Å²) >= 11 is 0. The molecule has 5 rings (SSSR count). The van der Waals surface area contributed by atoms with Gasteiger partial charge in [-0.05, 0) is 41.3 Å². The number of benzene rings is 4. The quantitative estimate of drug-likeness (QED) is 0.368. The largest absolute Gasteiger partial charge is 0.248 e. The van der Waals surface area contributed by atoms with Gasteiger partial charge in [-0.15, -0.1) is 0 Å². The van der Waals surface area contributed by atoms with Crippen LogP contribution in [0.15, 0.2) is 114 Å². The smallest absolute Gasteiger partial charge is 0.245 e. The number of hydrogen-bond donors (Lipinski definition) is 0. The van der Waals surface area contributed by atoms with E-state index in [4.69, 9.17) is 0 Å². The zero-order chi connectivity index (χ0) is 23.1. The minimum absolute atomic E-state index is 0.149. The van der Waals surface area contributed by atoms with Gasteiger partial charge in [-0.25, -0.2) is 12.8 Å². The Morgan fingerprint density at radius 1 is 0.788 bits per heavy atom. The van der Waals surface area contributed by atoms with Gasteiger partial charge >= 0.3 is 0 Å². The molecule has 0 amide bonds. The van der Waals surface area contributed by atoms with Crippen molar-refractivity contribution < 1.29 is 12.8 Å². The lowest BCUT2D eigenvalue weighted by atomic mass is 9.84. The van der Waals surface area contributed by atoms with Crippen molar-refractivity contribution in [2.24, 2.45) is 0 Å². The lowest BCUT2D eigenvalue weighted by molar-refractivity contribution is 0.182. The molecule has 5 heteroatoms. The topological polar surface area (TPSA) is 37.4 Å². The first-order valence-electron chi connectivity index (χ1n) is 10.9. The van der Waals surface area contributed by atoms with Crippen molar-refractivity contribution in [2.45, 2.75) is 23.4 Å². The Balaban J connectivity index is 1.86. The molecule has 0 N–H and O–H groups in total. The van der Waals surface area contributed by atoms with Crippen LogP contribution in [0.25, 0.3) is 0 Å². The highest BCUT2D eigenvalue weighted by atomic mass is 32.2. The van der Waals surface area contributed by atoms with Crippen molar-refractivity contribution in [1.82, 2.24) is 4.31 Å². The van der Waals surface area contributed by atoms with Crippen LogP contribution in [0.1, 0.15) is 33.9 Å². The van der Waals surface area contributed by atoms with Crippen molar-refractivity contribution in [3.8, 4) is 0 Å². The van der Waals surface area contributed by atoms with Gasteiger partial charge in [-0.1, -0.05) is 103 Å². The van der Waals surface area contributed by atoms with Gasteiger partial charge in [0, 0.05) is 0 Å². The summed E-state index contributed by atoms with van der Waals surface area (Å²) in [4.78, 5) is 0.149. The average molecular weight is 458 g/mol. The van der Waals surface area contributed by atoms with Crippen LogP contribution in [-0.2, 0) is 15.6 Å². The molecule has 0 radical (unpaired) electrons. The molecule has 4 aromatic rings. The fraction of sp³-hybridized carbons (Fsp3) is 0.143.